The summed E-state index contributed by atoms with van der Waals surface area (Å²) in [6.45, 7) is 0. The summed E-state index contributed by atoms with van der Waals surface area (Å²) in [4.78, 5) is 57.0. The van der Waals surface area contributed by atoms with E-state index in [1.165, 1.54) is 65.0 Å². The summed E-state index contributed by atoms with van der Waals surface area (Å²) in [7, 11) is 3.19. The number of imide groups is 2. The molecule has 4 amide bonds. The molecule has 2 aromatic carbocycles. The molecular weight excluding hydrogens is 1000 g/mol. The average Bonchev–Trinajstić information content (AvgIpc) is 3.56. The minimum absolute atomic E-state index is 0. The molecule has 0 atom stereocenters. The number of methoxy groups -OCH3 is 2. The van der Waals surface area contributed by atoms with Crippen LogP contribution in [0.1, 0.15) is 26.0 Å². The van der Waals surface area contributed by atoms with Gasteiger partial charge < -0.3 is 15.2 Å². The van der Waals surface area contributed by atoms with Crippen LogP contribution in [0.3, 0.4) is 0 Å². The Kier molecular flexibility index (Phi) is 18.6. The maximum atomic E-state index is 12.5. The van der Waals surface area contributed by atoms with E-state index in [-0.39, 0.29) is 57.6 Å². The van der Waals surface area contributed by atoms with Crippen LogP contribution in [0.5, 0.6) is 11.5 Å². The van der Waals surface area contributed by atoms with Crippen molar-refractivity contribution in [3.63, 3.8) is 0 Å². The van der Waals surface area contributed by atoms with Gasteiger partial charge in [-0.3, -0.25) is 33.7 Å². The molecule has 2 fully saturated rings. The molecule has 23 heteroatoms. The zero-order valence-electron chi connectivity index (χ0n) is 29.8. The van der Waals surface area contributed by atoms with Gasteiger partial charge in [0, 0.05) is 46.1 Å². The molecule has 3 N–H and O–H groups in total. The van der Waals surface area contributed by atoms with E-state index < -0.39 is 25.0 Å². The number of carbonyl (C=O) groups is 4. The Hall–Kier alpha value is -4.45. The van der Waals surface area contributed by atoms with Crippen LogP contribution in [-0.2, 0) is 28.7 Å². The van der Waals surface area contributed by atoms with E-state index >= 15 is 0 Å². The largest absolute Gasteiger partial charge is 0.495 e. The van der Waals surface area contributed by atoms with Gasteiger partial charge in [0.25, 0.3) is 41.4 Å². The van der Waals surface area contributed by atoms with E-state index in [2.05, 4.69) is 46.5 Å². The highest BCUT2D eigenvalue weighted by atomic mass is 79.9. The first-order chi connectivity index (χ1) is 26.8. The quantitative estimate of drug-likeness (QED) is 0.0962. The molecule has 0 saturated carbocycles. The van der Waals surface area contributed by atoms with E-state index in [1.807, 2.05) is 0 Å². The van der Waals surface area contributed by atoms with E-state index in [1.54, 1.807) is 48.5 Å². The highest BCUT2D eigenvalue weighted by Gasteiger charge is 2.33. The second-order valence-corrected chi connectivity index (χ2v) is 18.9. The first kappa shape index (κ1) is 50.7. The first-order valence-corrected chi connectivity index (χ1v) is 22.5. The lowest BCUT2D eigenvalue weighted by Crippen LogP contribution is -2.22. The zero-order valence-corrected chi connectivity index (χ0v) is 37.0. The highest BCUT2D eigenvalue weighted by Crippen LogP contribution is 2.38. The number of hydrogen-bond acceptors (Lipinski definition) is 15. The summed E-state index contributed by atoms with van der Waals surface area (Å²) in [6.07, 6.45) is 5.93. The molecule has 0 aliphatic carbocycles. The van der Waals surface area contributed by atoms with Crippen molar-refractivity contribution in [3.8, 4) is 11.5 Å². The van der Waals surface area contributed by atoms with Crippen molar-refractivity contribution in [1.82, 2.24) is 19.8 Å². The van der Waals surface area contributed by atoms with Gasteiger partial charge >= 0.3 is 0 Å². The Morgan fingerprint density at radius 2 is 1.17 bits per heavy atom. The highest BCUT2D eigenvalue weighted by molar-refractivity contribution is 9.10. The smallest absolute Gasteiger partial charge is 0.293 e. The van der Waals surface area contributed by atoms with Crippen LogP contribution in [0.2, 0.25) is 0 Å². The molecule has 2 aromatic heterocycles. The number of ether oxygens (including phenoxy) is 2. The zero-order chi connectivity index (χ0) is 42.2. The lowest BCUT2D eigenvalue weighted by molar-refractivity contribution is -0.122. The molecule has 0 bridgehead atoms. The molecule has 2 saturated heterocycles. The second-order valence-electron chi connectivity index (χ2n) is 11.1. The molecule has 16 nitrogen and oxygen atoms in total. The van der Waals surface area contributed by atoms with Crippen LogP contribution in [0.15, 0.2) is 102 Å². The van der Waals surface area contributed by atoms with E-state index in [4.69, 9.17) is 25.9 Å². The summed E-state index contributed by atoms with van der Waals surface area (Å²) in [5, 5.41) is -0.889. The summed E-state index contributed by atoms with van der Waals surface area (Å²) < 4.78 is 60.2. The second kappa shape index (κ2) is 21.7. The molecule has 4 aromatic rings. The molecule has 6 rings (SSSR count). The third-order valence-electron chi connectivity index (χ3n) is 7.26. The lowest BCUT2D eigenvalue weighted by Gasteiger charge is -2.13. The van der Waals surface area contributed by atoms with Gasteiger partial charge in [0.15, 0.2) is 10.1 Å². The van der Waals surface area contributed by atoms with Gasteiger partial charge in [-0.2, -0.15) is 8.42 Å². The third kappa shape index (κ3) is 13.0. The van der Waals surface area contributed by atoms with Gasteiger partial charge in [0.2, 0.25) is 0 Å². The molecule has 59 heavy (non-hydrogen) atoms. The van der Waals surface area contributed by atoms with Gasteiger partial charge in [-0.15, -0.1) is 0 Å². The number of pyridine rings is 2. The van der Waals surface area contributed by atoms with Gasteiger partial charge in [-0.1, -0.05) is 58.8 Å². The van der Waals surface area contributed by atoms with Crippen LogP contribution >= 0.6 is 66.1 Å². The minimum Gasteiger partial charge on any atom is -0.495 e. The molecule has 0 unspecified atom stereocenters. The Morgan fingerprint density at radius 1 is 0.729 bits per heavy atom. The summed E-state index contributed by atoms with van der Waals surface area (Å²) in [5.74, 6) is 0.0494. The molecule has 4 heterocycles. The monoisotopic (exact) mass is 1030 g/mol. The van der Waals surface area contributed by atoms with Gasteiger partial charge in [0.1, 0.15) is 11.5 Å². The molecule has 0 radical (unpaired) electrons. The molecule has 0 spiro atoms. The summed E-state index contributed by atoms with van der Waals surface area (Å²) >= 11 is 8.47. The number of carbonyl (C=O) groups excluding carboxylic acids is 4. The number of nitrogens with zero attached hydrogens (tertiary/aromatic N) is 4. The Balaban J connectivity index is 0.000000334. The van der Waals surface area contributed by atoms with Crippen LogP contribution in [-0.4, -0.2) is 87.2 Å². The van der Waals surface area contributed by atoms with Gasteiger partial charge in [0.05, 0.1) is 35.4 Å². The fraction of sp³-hybridized carbons (Fsp3) is 0.167. The fourth-order valence-corrected chi connectivity index (χ4v) is 8.65. The van der Waals surface area contributed by atoms with E-state index in [0.717, 1.165) is 43.4 Å². The van der Waals surface area contributed by atoms with E-state index in [0.29, 0.717) is 26.4 Å². The van der Waals surface area contributed by atoms with Crippen molar-refractivity contribution in [2.45, 2.75) is 24.9 Å². The maximum absolute atomic E-state index is 12.5. The van der Waals surface area contributed by atoms with Crippen LogP contribution in [0, 0.1) is 0 Å². The number of anilines is 2. The number of nitrogen functional groups attached to an aromatic ring is 1. The summed E-state index contributed by atoms with van der Waals surface area (Å²) in [5.41, 5.74) is 7.74. The number of thioether (sulfide) groups is 2. The van der Waals surface area contributed by atoms with Crippen molar-refractivity contribution < 1.29 is 45.5 Å². The number of rotatable bonds is 8. The topological polar surface area (TPSA) is 225 Å². The van der Waals surface area contributed by atoms with Crippen molar-refractivity contribution in [2.24, 2.45) is 0 Å². The van der Waals surface area contributed by atoms with Crippen LogP contribution in [0.4, 0.5) is 21.0 Å². The molecular formula is C36H37Br2ClN6O10S4. The number of aromatic nitrogens is 2. The number of amides is 4. The van der Waals surface area contributed by atoms with Crippen molar-refractivity contribution in [1.29, 1.82) is 0 Å². The number of nitrogens with two attached hydrogens (primary N) is 1. The number of benzene rings is 2. The predicted octanol–water partition coefficient (Wildman–Crippen LogP) is 8.31. The minimum atomic E-state index is -3.91. The number of halogens is 3. The Morgan fingerprint density at radius 3 is 1.54 bits per heavy atom. The standard InChI is InChI=1S/C17H14BrN3O5S2.C12H11BrN2O3S.C5H4ClNO2S.2CH4/c1-21-16(22)14(27-17(21)23)8-10-7-13(26-2)12(9-11(10)18)20-28(24,25)15-5-3-4-6-19-15;1-15-11(16)10(19-12(15)17)4-6-3-9(18-2)8(14)5-7(6)13;6-10(8,9)5-3-1-2-4-7-5;;/h3-9,20H,1-2H3;3-5H,14H2,1-2H3;1-4H;2*1H4/b14-8-;10-4-;;;. The lowest BCUT2D eigenvalue weighted by atomic mass is 10.1. The number of likely N-dealkylation sites (N-methyl/N-ethyl adjacent to an activating group) is 2. The van der Waals surface area contributed by atoms with Crippen LogP contribution in [0.25, 0.3) is 12.2 Å². The van der Waals surface area contributed by atoms with Crippen molar-refractivity contribution in [3.05, 3.63) is 103 Å². The normalized spacial score (nSPS) is 15.1. The molecule has 2 aliphatic heterocycles. The Labute approximate surface area is 371 Å². The third-order valence-corrected chi connectivity index (χ3v) is 13.1. The maximum Gasteiger partial charge on any atom is 0.293 e. The fourth-order valence-electron chi connectivity index (χ4n) is 4.37. The first-order valence-electron chi connectivity index (χ1n) is 15.5. The number of sulfonamides is 1. The number of hydrogen-bond donors (Lipinski definition) is 2. The van der Waals surface area contributed by atoms with Crippen molar-refractivity contribution in [2.75, 3.05) is 38.8 Å². The van der Waals surface area contributed by atoms with Gasteiger partial charge in [-0.25, -0.2) is 18.4 Å². The number of nitrogens with one attached hydrogen (secondary N) is 1. The predicted molar refractivity (Wildman–Crippen MR) is 239 cm³/mol. The van der Waals surface area contributed by atoms with E-state index in [9.17, 15) is 36.0 Å². The van der Waals surface area contributed by atoms with Gasteiger partial charge in [-0.05, 0) is 95.3 Å². The molecule has 2 aliphatic rings. The average molecular weight is 1040 g/mol. The van der Waals surface area contributed by atoms with Crippen molar-refractivity contribution >= 4 is 131 Å². The molecule has 316 valence electrons. The SMILES string of the molecule is C.C.COc1cc(/C=C2\SC(=O)N(C)C2=O)c(Br)cc1N.COc1cc(/C=C2\SC(=O)N(C)C2=O)c(Br)cc1NS(=O)(=O)c1ccccn1.O=S(=O)(Cl)c1ccccn1. The summed E-state index contributed by atoms with van der Waals surface area (Å²) in [6, 6.07) is 15.5. The Bertz CT molecular complexity index is 2520. The van der Waals surface area contributed by atoms with Crippen LogP contribution < -0.4 is 19.9 Å².